The smallest absolute Gasteiger partial charge is 0.270 e. The molecule has 0 aliphatic heterocycles. The molecule has 0 spiro atoms. The van der Waals surface area contributed by atoms with Gasteiger partial charge in [0.15, 0.2) is 0 Å². The van der Waals surface area contributed by atoms with Gasteiger partial charge in [0, 0.05) is 12.3 Å². The average molecular weight is 319 g/mol. The van der Waals surface area contributed by atoms with Crippen molar-refractivity contribution in [2.24, 2.45) is 0 Å². The maximum atomic E-state index is 11.9. The zero-order valence-electron chi connectivity index (χ0n) is 9.65. The monoisotopic (exact) mass is 319 g/mol. The van der Waals surface area contributed by atoms with Gasteiger partial charge in [-0.15, -0.1) is 21.5 Å². The number of amides is 1. The molecule has 0 bridgehead atoms. The van der Waals surface area contributed by atoms with Crippen LogP contribution in [-0.4, -0.2) is 29.5 Å². The number of anilines is 1. The van der Waals surface area contributed by atoms with Crippen molar-refractivity contribution in [3.63, 3.8) is 0 Å². The molecule has 1 amide bonds. The molecule has 0 radical (unpaired) electrons. The summed E-state index contributed by atoms with van der Waals surface area (Å²) >= 11 is 2.16. The summed E-state index contributed by atoms with van der Waals surface area (Å²) in [5.41, 5.74) is 2.24. The quantitative estimate of drug-likeness (QED) is 0.773. The Kier molecular flexibility index (Phi) is 4.19. The molecule has 0 fully saturated rings. The molecular weight excluding hydrogens is 310 g/mol. The van der Waals surface area contributed by atoms with Crippen LogP contribution in [0, 0.1) is 0 Å². The molecule has 19 heavy (non-hydrogen) atoms. The van der Waals surface area contributed by atoms with Gasteiger partial charge in [-0.2, -0.15) is 0 Å². The van der Waals surface area contributed by atoms with Crippen molar-refractivity contribution in [2.45, 2.75) is 17.8 Å². The molecule has 0 aromatic carbocycles. The number of nitrogens with zero attached hydrogens (tertiary/aromatic N) is 3. The maximum Gasteiger partial charge on any atom is 0.270 e. The zero-order valence-corrected chi connectivity index (χ0v) is 12.1. The lowest BCUT2D eigenvalue weighted by atomic mass is 10.5. The van der Waals surface area contributed by atoms with Crippen LogP contribution in [0.25, 0.3) is 0 Å². The minimum absolute atomic E-state index is 0.0842. The van der Waals surface area contributed by atoms with Crippen molar-refractivity contribution in [3.8, 4) is 0 Å². The first-order chi connectivity index (χ1) is 8.97. The number of thiazole rings is 1. The first kappa shape index (κ1) is 14.0. The van der Waals surface area contributed by atoms with Crippen LogP contribution in [0.1, 0.15) is 12.6 Å². The molecule has 2 rings (SSSR count). The highest BCUT2D eigenvalue weighted by molar-refractivity contribution is 7.91. The van der Waals surface area contributed by atoms with Gasteiger partial charge in [0.05, 0.1) is 17.7 Å². The Labute approximate surface area is 117 Å². The molecule has 0 saturated heterocycles. The molecule has 2 heterocycles. The second-order valence-corrected chi connectivity index (χ2v) is 7.00. The first-order valence-corrected chi connectivity index (χ1v) is 8.19. The number of hydrogen-bond donors (Lipinski definition) is 2. The van der Waals surface area contributed by atoms with E-state index in [0.717, 1.165) is 11.3 Å². The summed E-state index contributed by atoms with van der Waals surface area (Å²) in [7, 11) is -3.74. The lowest BCUT2D eigenvalue weighted by Gasteiger charge is -2.00. The van der Waals surface area contributed by atoms with Gasteiger partial charge in [0.1, 0.15) is 0 Å². The van der Waals surface area contributed by atoms with E-state index < -0.39 is 10.0 Å². The molecule has 0 aliphatic carbocycles. The molecule has 0 unspecified atom stereocenters. The van der Waals surface area contributed by atoms with Crippen molar-refractivity contribution in [2.75, 3.05) is 5.32 Å². The highest BCUT2D eigenvalue weighted by atomic mass is 32.2. The van der Waals surface area contributed by atoms with Crippen molar-refractivity contribution in [1.82, 2.24) is 19.9 Å². The van der Waals surface area contributed by atoms with Gasteiger partial charge in [-0.25, -0.2) is 18.1 Å². The van der Waals surface area contributed by atoms with E-state index in [1.165, 1.54) is 18.3 Å². The largest absolute Gasteiger partial charge is 0.301 e. The molecular formula is C8H9N5O3S3. The molecule has 0 aliphatic rings. The summed E-state index contributed by atoms with van der Waals surface area (Å²) in [4.78, 5) is 14.8. The van der Waals surface area contributed by atoms with Crippen LogP contribution in [0.4, 0.5) is 5.13 Å². The van der Waals surface area contributed by atoms with E-state index in [4.69, 9.17) is 0 Å². The average Bonchev–Trinajstić information content (AvgIpc) is 2.96. The van der Waals surface area contributed by atoms with E-state index in [1.54, 1.807) is 10.9 Å². The lowest BCUT2D eigenvalue weighted by Crippen LogP contribution is -2.23. The molecule has 0 saturated carbocycles. The Balaban J connectivity index is 2.06. The van der Waals surface area contributed by atoms with Gasteiger partial charge in [-0.05, 0) is 0 Å². The Morgan fingerprint density at radius 3 is 2.84 bits per heavy atom. The van der Waals surface area contributed by atoms with Crippen LogP contribution in [0.3, 0.4) is 0 Å². The number of sulfonamides is 1. The Hall–Kier alpha value is -1.43. The molecule has 2 aromatic heterocycles. The molecule has 0 atom stereocenters. The second-order valence-electron chi connectivity index (χ2n) is 3.36. The van der Waals surface area contributed by atoms with Gasteiger partial charge >= 0.3 is 0 Å². The number of aromatic nitrogens is 3. The standard InChI is InChI=1S/C8H9N5O3S3/c1-5(14)11-7-12-13-8(18-7)19(15,16)10-2-6-3-17-4-9-6/h3-4,10H,2H2,1H3,(H,11,12,14). The molecule has 11 heteroatoms. The van der Waals surface area contributed by atoms with Gasteiger partial charge in [0.25, 0.3) is 10.0 Å². The normalized spacial score (nSPS) is 11.4. The Morgan fingerprint density at radius 1 is 1.42 bits per heavy atom. The van der Waals surface area contributed by atoms with Gasteiger partial charge in [-0.1, -0.05) is 11.3 Å². The third-order valence-electron chi connectivity index (χ3n) is 1.85. The summed E-state index contributed by atoms with van der Waals surface area (Å²) in [5, 5.41) is 11.3. The predicted molar refractivity (Wildman–Crippen MR) is 70.4 cm³/mol. The molecule has 8 nitrogen and oxygen atoms in total. The van der Waals surface area contributed by atoms with Crippen LogP contribution < -0.4 is 10.0 Å². The predicted octanol–water partition coefficient (Wildman–Crippen LogP) is 0.431. The lowest BCUT2D eigenvalue weighted by molar-refractivity contribution is -0.114. The number of carbonyl (C=O) groups excluding carboxylic acids is 1. The zero-order chi connectivity index (χ0) is 13.9. The van der Waals surface area contributed by atoms with Crippen molar-refractivity contribution in [3.05, 3.63) is 16.6 Å². The van der Waals surface area contributed by atoms with Crippen molar-refractivity contribution < 1.29 is 13.2 Å². The van der Waals surface area contributed by atoms with E-state index >= 15 is 0 Å². The summed E-state index contributed by atoms with van der Waals surface area (Å²) in [6.45, 7) is 1.39. The van der Waals surface area contributed by atoms with E-state index in [1.807, 2.05) is 0 Å². The second kappa shape index (κ2) is 5.69. The summed E-state index contributed by atoms with van der Waals surface area (Å²) < 4.78 is 25.9. The minimum Gasteiger partial charge on any atom is -0.301 e. The number of nitrogens with one attached hydrogen (secondary N) is 2. The number of carbonyl (C=O) groups is 1. The fourth-order valence-corrected chi connectivity index (χ4v) is 3.62. The van der Waals surface area contributed by atoms with Gasteiger partial charge < -0.3 is 5.32 Å². The number of rotatable bonds is 5. The van der Waals surface area contributed by atoms with E-state index in [-0.39, 0.29) is 21.9 Å². The minimum atomic E-state index is -3.74. The third-order valence-corrected chi connectivity index (χ3v) is 5.09. The summed E-state index contributed by atoms with van der Waals surface area (Å²) in [6.07, 6.45) is 0. The van der Waals surface area contributed by atoms with Crippen LogP contribution in [0.15, 0.2) is 15.2 Å². The van der Waals surface area contributed by atoms with Crippen LogP contribution in [0.5, 0.6) is 0 Å². The number of hydrogen-bond acceptors (Lipinski definition) is 8. The highest BCUT2D eigenvalue weighted by Gasteiger charge is 2.20. The molecule has 102 valence electrons. The SMILES string of the molecule is CC(=O)Nc1nnc(S(=O)(=O)NCc2cscn2)s1. The molecule has 2 N–H and O–H groups in total. The van der Waals surface area contributed by atoms with Crippen LogP contribution >= 0.6 is 22.7 Å². The third kappa shape index (κ3) is 3.76. The van der Waals surface area contributed by atoms with Gasteiger partial charge in [-0.3, -0.25) is 4.79 Å². The fourth-order valence-electron chi connectivity index (χ4n) is 1.07. The Morgan fingerprint density at radius 2 is 2.21 bits per heavy atom. The van der Waals surface area contributed by atoms with Crippen molar-refractivity contribution >= 4 is 43.7 Å². The molecule has 2 aromatic rings. The first-order valence-electron chi connectivity index (χ1n) is 4.95. The van der Waals surface area contributed by atoms with E-state index in [2.05, 4.69) is 25.2 Å². The highest BCUT2D eigenvalue weighted by Crippen LogP contribution is 2.19. The maximum absolute atomic E-state index is 11.9. The fraction of sp³-hybridized carbons (Fsp3) is 0.250. The van der Waals surface area contributed by atoms with E-state index in [9.17, 15) is 13.2 Å². The van der Waals surface area contributed by atoms with Crippen LogP contribution in [-0.2, 0) is 21.4 Å². The topological polar surface area (TPSA) is 114 Å². The summed E-state index contributed by atoms with van der Waals surface area (Å²) in [5.74, 6) is -0.337. The van der Waals surface area contributed by atoms with Crippen molar-refractivity contribution in [1.29, 1.82) is 0 Å². The summed E-state index contributed by atoms with van der Waals surface area (Å²) in [6, 6.07) is 0. The Bertz CT molecular complexity index is 664. The van der Waals surface area contributed by atoms with Crippen LogP contribution in [0.2, 0.25) is 0 Å². The van der Waals surface area contributed by atoms with E-state index in [0.29, 0.717) is 5.69 Å². The van der Waals surface area contributed by atoms with Gasteiger partial charge in [0.2, 0.25) is 15.4 Å².